The highest BCUT2D eigenvalue weighted by Crippen LogP contribution is 2.46. The van der Waals surface area contributed by atoms with E-state index >= 15 is 0 Å². The van der Waals surface area contributed by atoms with Crippen LogP contribution in [0.3, 0.4) is 0 Å². The highest BCUT2D eigenvalue weighted by Gasteiger charge is 2.48. The highest BCUT2D eigenvalue weighted by atomic mass is 19.1. The first-order valence-corrected chi connectivity index (χ1v) is 7.62. The maximum Gasteiger partial charge on any atom is 0.326 e. The quantitative estimate of drug-likeness (QED) is 0.614. The monoisotopic (exact) mass is 339 g/mol. The van der Waals surface area contributed by atoms with Gasteiger partial charge < -0.3 is 4.74 Å². The number of carbonyl (C=O) groups excluding carboxylic acids is 1. The molecule has 0 spiro atoms. The van der Waals surface area contributed by atoms with Crippen LogP contribution in [0.1, 0.15) is 17.0 Å². The summed E-state index contributed by atoms with van der Waals surface area (Å²) in [4.78, 5) is 16.8. The summed E-state index contributed by atoms with van der Waals surface area (Å²) in [6.45, 7) is 3.42. The molecule has 0 N–H and O–H groups in total. The first-order valence-electron chi connectivity index (χ1n) is 7.62. The van der Waals surface area contributed by atoms with Gasteiger partial charge in [-0.2, -0.15) is 0 Å². The Morgan fingerprint density at radius 1 is 1.16 bits per heavy atom. The van der Waals surface area contributed by atoms with Crippen molar-refractivity contribution in [3.63, 3.8) is 0 Å². The van der Waals surface area contributed by atoms with Gasteiger partial charge in [-0.25, -0.2) is 8.78 Å². The molecule has 126 valence electrons. The van der Waals surface area contributed by atoms with Crippen molar-refractivity contribution in [2.24, 2.45) is 0 Å². The van der Waals surface area contributed by atoms with Crippen LogP contribution in [0.25, 0.3) is 0 Å². The molecule has 3 rings (SSSR count). The lowest BCUT2D eigenvalue weighted by atomic mass is 9.65. The fraction of sp³-hybridized carbons (Fsp3) is 0.100. The molecule has 2 unspecified atom stereocenters. The lowest BCUT2D eigenvalue weighted by Gasteiger charge is -2.37. The number of aromatic nitrogens is 1. The second-order valence-electron chi connectivity index (χ2n) is 5.59. The Morgan fingerprint density at radius 2 is 1.84 bits per heavy atom. The summed E-state index contributed by atoms with van der Waals surface area (Å²) in [6.07, 6.45) is 8.17. The summed E-state index contributed by atoms with van der Waals surface area (Å²) >= 11 is 0. The zero-order valence-electron chi connectivity index (χ0n) is 13.2. The van der Waals surface area contributed by atoms with E-state index in [0.717, 1.165) is 6.26 Å². The number of carbonyl (C=O) groups is 1. The molecule has 1 heterocycles. The van der Waals surface area contributed by atoms with Gasteiger partial charge in [0.05, 0.1) is 6.26 Å². The predicted molar refractivity (Wildman–Crippen MR) is 89.7 cm³/mol. The molecule has 0 radical (unpaired) electrons. The average molecular weight is 339 g/mol. The summed E-state index contributed by atoms with van der Waals surface area (Å²) in [5.41, 5.74) is -0.179. The third-order valence-electron chi connectivity index (χ3n) is 4.24. The molecule has 25 heavy (non-hydrogen) atoms. The van der Waals surface area contributed by atoms with Gasteiger partial charge >= 0.3 is 5.97 Å². The fourth-order valence-corrected chi connectivity index (χ4v) is 3.08. The SMILES string of the molecule is C=COC(=O)C1(c2ccc(F)cc2)C=CC(F)=CC1c1ccncc1. The third-order valence-corrected chi connectivity index (χ3v) is 4.24. The Morgan fingerprint density at radius 3 is 2.48 bits per heavy atom. The second kappa shape index (κ2) is 6.81. The van der Waals surface area contributed by atoms with E-state index in [1.807, 2.05) is 0 Å². The van der Waals surface area contributed by atoms with E-state index < -0.39 is 28.9 Å². The van der Waals surface area contributed by atoms with Crippen molar-refractivity contribution in [1.82, 2.24) is 4.98 Å². The molecule has 0 saturated carbocycles. The molecule has 3 nitrogen and oxygen atoms in total. The molecule has 0 bridgehead atoms. The zero-order chi connectivity index (χ0) is 17.9. The standard InChI is InChI=1S/C20H15F2NO2/c1-2-25-19(24)20(15-3-5-16(21)6-4-15)10-7-17(22)13-18(20)14-8-11-23-12-9-14/h2-13,18H,1H2. The molecular formula is C20H15F2NO2. The van der Waals surface area contributed by atoms with Gasteiger partial charge in [-0.05, 0) is 47.5 Å². The molecule has 2 atom stereocenters. The lowest BCUT2D eigenvalue weighted by molar-refractivity contribution is -0.143. The van der Waals surface area contributed by atoms with Crippen molar-refractivity contribution in [3.8, 4) is 0 Å². The van der Waals surface area contributed by atoms with E-state index in [0.29, 0.717) is 11.1 Å². The molecule has 2 aromatic rings. The Kier molecular flexibility index (Phi) is 4.57. The minimum absolute atomic E-state index is 0.432. The second-order valence-corrected chi connectivity index (χ2v) is 5.59. The fourth-order valence-electron chi connectivity index (χ4n) is 3.08. The Balaban J connectivity index is 2.24. The van der Waals surface area contributed by atoms with E-state index in [-0.39, 0.29) is 0 Å². The molecule has 1 aromatic carbocycles. The number of pyridine rings is 1. The van der Waals surface area contributed by atoms with Crippen molar-refractivity contribution in [3.05, 3.63) is 103 Å². The minimum atomic E-state index is -1.35. The first kappa shape index (κ1) is 16.8. The lowest BCUT2D eigenvalue weighted by Crippen LogP contribution is -2.41. The molecule has 1 aromatic heterocycles. The van der Waals surface area contributed by atoms with Crippen molar-refractivity contribution in [2.75, 3.05) is 0 Å². The zero-order valence-corrected chi connectivity index (χ0v) is 13.2. The smallest absolute Gasteiger partial charge is 0.326 e. The summed E-state index contributed by atoms with van der Waals surface area (Å²) in [5.74, 6) is -2.21. The number of ether oxygens (including phenoxy) is 1. The number of allylic oxidation sites excluding steroid dienone is 3. The van der Waals surface area contributed by atoms with Crippen LogP contribution >= 0.6 is 0 Å². The number of hydrogen-bond donors (Lipinski definition) is 0. The van der Waals surface area contributed by atoms with Gasteiger partial charge in [0.2, 0.25) is 0 Å². The molecule has 5 heteroatoms. The van der Waals surface area contributed by atoms with Crippen LogP contribution in [0, 0.1) is 5.82 Å². The Hall–Kier alpha value is -3.08. The molecule has 0 amide bonds. The average Bonchev–Trinajstić information content (AvgIpc) is 2.63. The molecule has 1 aliphatic carbocycles. The number of benzene rings is 1. The predicted octanol–water partition coefficient (Wildman–Crippen LogP) is 4.35. The first-order chi connectivity index (χ1) is 12.1. The third kappa shape index (κ3) is 3.01. The molecule has 0 aliphatic heterocycles. The van der Waals surface area contributed by atoms with Crippen LogP contribution in [-0.2, 0) is 14.9 Å². The largest absolute Gasteiger partial charge is 0.434 e. The van der Waals surface area contributed by atoms with Crippen LogP contribution in [0.15, 0.2) is 85.7 Å². The van der Waals surface area contributed by atoms with E-state index in [1.54, 1.807) is 24.5 Å². The van der Waals surface area contributed by atoms with Gasteiger partial charge in [-0.1, -0.05) is 24.8 Å². The number of halogens is 2. The van der Waals surface area contributed by atoms with Crippen molar-refractivity contribution in [1.29, 1.82) is 0 Å². The normalized spacial score (nSPS) is 22.2. The van der Waals surface area contributed by atoms with Gasteiger partial charge in [-0.15, -0.1) is 0 Å². The van der Waals surface area contributed by atoms with E-state index in [4.69, 9.17) is 4.74 Å². The van der Waals surface area contributed by atoms with E-state index in [1.165, 1.54) is 42.5 Å². The van der Waals surface area contributed by atoms with Gasteiger partial charge in [0, 0.05) is 18.3 Å². The van der Waals surface area contributed by atoms with E-state index in [2.05, 4.69) is 11.6 Å². The van der Waals surface area contributed by atoms with Crippen molar-refractivity contribution < 1.29 is 18.3 Å². The van der Waals surface area contributed by atoms with E-state index in [9.17, 15) is 13.6 Å². The number of hydrogen-bond acceptors (Lipinski definition) is 3. The Bertz CT molecular complexity index is 844. The topological polar surface area (TPSA) is 39.2 Å². The van der Waals surface area contributed by atoms with Crippen molar-refractivity contribution >= 4 is 5.97 Å². The van der Waals surface area contributed by atoms with Gasteiger partial charge in [0.25, 0.3) is 0 Å². The minimum Gasteiger partial charge on any atom is -0.434 e. The molecule has 0 fully saturated rings. The van der Waals surface area contributed by atoms with Crippen LogP contribution < -0.4 is 0 Å². The number of nitrogens with zero attached hydrogens (tertiary/aromatic N) is 1. The van der Waals surface area contributed by atoms with Gasteiger partial charge in [0.15, 0.2) is 0 Å². The summed E-state index contributed by atoms with van der Waals surface area (Å²) in [7, 11) is 0. The van der Waals surface area contributed by atoms with Crippen molar-refractivity contribution in [2.45, 2.75) is 11.3 Å². The van der Waals surface area contributed by atoms with Gasteiger partial charge in [0.1, 0.15) is 17.1 Å². The molecule has 0 saturated heterocycles. The van der Waals surface area contributed by atoms with Crippen LogP contribution in [0.4, 0.5) is 8.78 Å². The Labute approximate surface area is 144 Å². The number of esters is 1. The summed E-state index contributed by atoms with van der Waals surface area (Å²) in [6, 6.07) is 8.90. The van der Waals surface area contributed by atoms with Crippen LogP contribution in [0.2, 0.25) is 0 Å². The summed E-state index contributed by atoms with van der Waals surface area (Å²) < 4.78 is 32.5. The summed E-state index contributed by atoms with van der Waals surface area (Å²) in [5, 5.41) is 0. The van der Waals surface area contributed by atoms with Crippen LogP contribution in [0.5, 0.6) is 0 Å². The maximum absolute atomic E-state index is 14.0. The van der Waals surface area contributed by atoms with Gasteiger partial charge in [-0.3, -0.25) is 9.78 Å². The maximum atomic E-state index is 14.0. The molecular weight excluding hydrogens is 324 g/mol. The number of rotatable bonds is 4. The highest BCUT2D eigenvalue weighted by molar-refractivity contribution is 5.89. The molecule has 1 aliphatic rings. The van der Waals surface area contributed by atoms with Crippen LogP contribution in [-0.4, -0.2) is 11.0 Å².